The van der Waals surface area contributed by atoms with Crippen LogP contribution in [0.1, 0.15) is 16.7 Å². The first-order valence-electron chi connectivity index (χ1n) is 10.8. The number of nitrogens with one attached hydrogen (secondary N) is 2. The molecule has 1 aliphatic rings. The van der Waals surface area contributed by atoms with Crippen LogP contribution in [-0.2, 0) is 16.2 Å². The summed E-state index contributed by atoms with van der Waals surface area (Å²) in [6, 6.07) is 15.4. The number of benzene rings is 3. The van der Waals surface area contributed by atoms with Crippen LogP contribution in [0.25, 0.3) is 6.08 Å². The Bertz CT molecular complexity index is 1370. The minimum atomic E-state index is -0.724. The second-order valence-electron chi connectivity index (χ2n) is 8.03. The summed E-state index contributed by atoms with van der Waals surface area (Å²) in [4.78, 5) is 38.3. The highest BCUT2D eigenvalue weighted by Crippen LogP contribution is 2.35. The van der Waals surface area contributed by atoms with E-state index in [0.29, 0.717) is 16.8 Å². The third kappa shape index (κ3) is 6.02. The Morgan fingerprint density at radius 2 is 1.81 bits per heavy atom. The van der Waals surface area contributed by atoms with Crippen LogP contribution in [0, 0.1) is 12.7 Å². The van der Waals surface area contributed by atoms with Crippen molar-refractivity contribution in [3.05, 3.63) is 98.9 Å². The van der Waals surface area contributed by atoms with Crippen LogP contribution >= 0.6 is 23.2 Å². The number of hydrogen-bond acceptors (Lipinski definition) is 4. The summed E-state index contributed by atoms with van der Waals surface area (Å²) in [6.45, 7) is 1.47. The topological polar surface area (TPSA) is 87.7 Å². The highest BCUT2D eigenvalue weighted by Gasteiger charge is 2.35. The molecular weight excluding hydrogens is 508 g/mol. The number of amides is 4. The number of halogens is 3. The molecule has 36 heavy (non-hydrogen) atoms. The zero-order chi connectivity index (χ0) is 25.8. The third-order valence-corrected chi connectivity index (χ3v) is 5.73. The lowest BCUT2D eigenvalue weighted by Gasteiger charge is -2.12. The number of aryl methyl sites for hydroxylation is 1. The van der Waals surface area contributed by atoms with Crippen molar-refractivity contribution in [2.45, 2.75) is 13.5 Å². The van der Waals surface area contributed by atoms with Gasteiger partial charge >= 0.3 is 6.03 Å². The van der Waals surface area contributed by atoms with E-state index in [1.807, 2.05) is 13.0 Å². The molecule has 1 fully saturated rings. The molecule has 0 unspecified atom stereocenters. The van der Waals surface area contributed by atoms with Gasteiger partial charge < -0.3 is 15.4 Å². The van der Waals surface area contributed by atoms with Crippen LogP contribution in [0.15, 0.2) is 66.4 Å². The molecule has 0 spiro atoms. The van der Waals surface area contributed by atoms with Crippen molar-refractivity contribution in [2.24, 2.45) is 0 Å². The summed E-state index contributed by atoms with van der Waals surface area (Å²) >= 11 is 12.6. The van der Waals surface area contributed by atoms with E-state index in [1.54, 1.807) is 30.3 Å². The minimum Gasteiger partial charge on any atom is -0.486 e. The third-order valence-electron chi connectivity index (χ3n) is 5.17. The van der Waals surface area contributed by atoms with Crippen molar-refractivity contribution >= 4 is 52.8 Å². The zero-order valence-corrected chi connectivity index (χ0v) is 20.5. The SMILES string of the molecule is Cc1cccc(NC(=O)CN2C(=O)N/C(=C/c3cc(Cl)c(OCc4cccc(F)c4)c(Cl)c3)C2=O)c1. The molecule has 0 atom stereocenters. The molecule has 3 aromatic carbocycles. The highest BCUT2D eigenvalue weighted by molar-refractivity contribution is 6.37. The Kier molecular flexibility index (Phi) is 7.57. The molecule has 1 aliphatic heterocycles. The first-order chi connectivity index (χ1) is 17.2. The second kappa shape index (κ2) is 10.8. The number of anilines is 1. The average molecular weight is 528 g/mol. The first kappa shape index (κ1) is 25.2. The maximum Gasteiger partial charge on any atom is 0.329 e. The molecule has 0 saturated carbocycles. The Balaban J connectivity index is 1.44. The normalized spacial score (nSPS) is 14.2. The molecule has 7 nitrogen and oxygen atoms in total. The van der Waals surface area contributed by atoms with Crippen molar-refractivity contribution < 1.29 is 23.5 Å². The summed E-state index contributed by atoms with van der Waals surface area (Å²) in [5, 5.41) is 5.44. The van der Waals surface area contributed by atoms with Gasteiger partial charge in [0.1, 0.15) is 24.7 Å². The number of carbonyl (C=O) groups excluding carboxylic acids is 3. The molecule has 10 heteroatoms. The number of nitrogens with zero attached hydrogens (tertiary/aromatic N) is 1. The average Bonchev–Trinajstić information content (AvgIpc) is 3.06. The zero-order valence-electron chi connectivity index (χ0n) is 19.0. The van der Waals surface area contributed by atoms with E-state index in [4.69, 9.17) is 27.9 Å². The number of ether oxygens (including phenoxy) is 1. The van der Waals surface area contributed by atoms with E-state index in [2.05, 4.69) is 10.6 Å². The number of hydrogen-bond donors (Lipinski definition) is 2. The number of urea groups is 1. The molecule has 184 valence electrons. The van der Waals surface area contributed by atoms with E-state index in [-0.39, 0.29) is 33.9 Å². The quantitative estimate of drug-likeness (QED) is 0.311. The van der Waals surface area contributed by atoms with Crippen molar-refractivity contribution in [2.75, 3.05) is 11.9 Å². The number of imide groups is 1. The Hall–Kier alpha value is -3.88. The Labute approximate surface area is 216 Å². The molecule has 0 aliphatic carbocycles. The van der Waals surface area contributed by atoms with E-state index in [9.17, 15) is 18.8 Å². The van der Waals surface area contributed by atoms with Gasteiger partial charge in [0.2, 0.25) is 5.91 Å². The summed E-state index contributed by atoms with van der Waals surface area (Å²) < 4.78 is 19.0. The standard InChI is InChI=1S/C26H20Cl2FN3O4/c1-15-4-2-7-19(8-15)30-23(33)13-32-25(34)22(31-26(32)35)12-17-10-20(27)24(21(28)11-17)36-14-16-5-3-6-18(29)9-16/h2-12H,13-14H2,1H3,(H,30,33)(H,31,35)/b22-12+. The minimum absolute atomic E-state index is 0.0380. The van der Waals surface area contributed by atoms with Crippen molar-refractivity contribution in [3.8, 4) is 5.75 Å². The van der Waals surface area contributed by atoms with Crippen molar-refractivity contribution in [1.82, 2.24) is 10.2 Å². The van der Waals surface area contributed by atoms with Crippen LogP contribution in [0.3, 0.4) is 0 Å². The monoisotopic (exact) mass is 527 g/mol. The molecule has 1 saturated heterocycles. The number of carbonyl (C=O) groups is 3. The molecule has 0 radical (unpaired) electrons. The summed E-state index contributed by atoms with van der Waals surface area (Å²) in [7, 11) is 0. The fourth-order valence-corrected chi connectivity index (χ4v) is 4.14. The van der Waals surface area contributed by atoms with Gasteiger partial charge in [0.25, 0.3) is 5.91 Å². The fraction of sp³-hybridized carbons (Fsp3) is 0.115. The van der Waals surface area contributed by atoms with Crippen LogP contribution in [0.2, 0.25) is 10.0 Å². The fourth-order valence-electron chi connectivity index (χ4n) is 3.53. The van der Waals surface area contributed by atoms with E-state index in [1.165, 1.54) is 30.3 Å². The van der Waals surface area contributed by atoms with Gasteiger partial charge in [-0.2, -0.15) is 0 Å². The second-order valence-corrected chi connectivity index (χ2v) is 8.84. The van der Waals surface area contributed by atoms with Gasteiger partial charge in [-0.05, 0) is 66.1 Å². The molecule has 4 rings (SSSR count). The van der Waals surface area contributed by atoms with Gasteiger partial charge in [-0.25, -0.2) is 14.1 Å². The van der Waals surface area contributed by atoms with Gasteiger partial charge in [-0.1, -0.05) is 47.5 Å². The van der Waals surface area contributed by atoms with E-state index < -0.39 is 24.4 Å². The van der Waals surface area contributed by atoms with Crippen LogP contribution in [0.4, 0.5) is 14.9 Å². The smallest absolute Gasteiger partial charge is 0.329 e. The maximum atomic E-state index is 13.4. The summed E-state index contributed by atoms with van der Waals surface area (Å²) in [5.74, 6) is -1.38. The Morgan fingerprint density at radius 3 is 2.50 bits per heavy atom. The van der Waals surface area contributed by atoms with Crippen LogP contribution < -0.4 is 15.4 Å². The van der Waals surface area contributed by atoms with Gasteiger partial charge in [0.15, 0.2) is 5.75 Å². The lowest BCUT2D eigenvalue weighted by atomic mass is 10.1. The summed E-state index contributed by atoms with van der Waals surface area (Å²) in [6.07, 6.45) is 1.40. The van der Waals surface area contributed by atoms with Crippen molar-refractivity contribution in [3.63, 3.8) is 0 Å². The van der Waals surface area contributed by atoms with Gasteiger partial charge in [0, 0.05) is 5.69 Å². The molecule has 1 heterocycles. The predicted molar refractivity (Wildman–Crippen MR) is 135 cm³/mol. The molecular formula is C26H20Cl2FN3O4. The molecule has 0 bridgehead atoms. The highest BCUT2D eigenvalue weighted by atomic mass is 35.5. The van der Waals surface area contributed by atoms with Crippen LogP contribution in [-0.4, -0.2) is 29.3 Å². The van der Waals surface area contributed by atoms with Gasteiger partial charge in [-0.15, -0.1) is 0 Å². The van der Waals surface area contributed by atoms with Gasteiger partial charge in [0.05, 0.1) is 10.0 Å². The van der Waals surface area contributed by atoms with E-state index >= 15 is 0 Å². The van der Waals surface area contributed by atoms with Crippen LogP contribution in [0.5, 0.6) is 5.75 Å². The number of rotatable bonds is 7. The van der Waals surface area contributed by atoms with Gasteiger partial charge in [-0.3, -0.25) is 9.59 Å². The maximum absolute atomic E-state index is 13.4. The molecule has 0 aromatic heterocycles. The van der Waals surface area contributed by atoms with E-state index in [0.717, 1.165) is 10.5 Å². The molecule has 3 aromatic rings. The van der Waals surface area contributed by atoms with Crippen molar-refractivity contribution in [1.29, 1.82) is 0 Å². The molecule has 4 amide bonds. The largest absolute Gasteiger partial charge is 0.486 e. The first-order valence-corrected chi connectivity index (χ1v) is 11.5. The Morgan fingerprint density at radius 1 is 1.08 bits per heavy atom. The predicted octanol–water partition coefficient (Wildman–Crippen LogP) is 5.55. The lowest BCUT2D eigenvalue weighted by Crippen LogP contribution is -2.38. The lowest BCUT2D eigenvalue weighted by molar-refractivity contribution is -0.127. The molecule has 2 N–H and O–H groups in total. The summed E-state index contributed by atoms with van der Waals surface area (Å²) in [5.41, 5.74) is 2.50.